The van der Waals surface area contributed by atoms with Crippen molar-refractivity contribution in [2.45, 2.75) is 6.54 Å². The Balaban J connectivity index is 2.12. The SMILES string of the molecule is CNCc1cccc(Oc2ccc(F)cc2)c1. The number of ether oxygens (including phenoxy) is 1. The van der Waals surface area contributed by atoms with Gasteiger partial charge >= 0.3 is 0 Å². The Morgan fingerprint density at radius 2 is 1.82 bits per heavy atom. The number of nitrogens with one attached hydrogen (secondary N) is 1. The average molecular weight is 231 g/mol. The zero-order valence-electron chi connectivity index (χ0n) is 9.61. The molecule has 0 heterocycles. The van der Waals surface area contributed by atoms with Gasteiger partial charge in [-0.3, -0.25) is 0 Å². The van der Waals surface area contributed by atoms with Gasteiger partial charge in [0.1, 0.15) is 17.3 Å². The molecule has 3 heteroatoms. The monoisotopic (exact) mass is 231 g/mol. The van der Waals surface area contributed by atoms with Gasteiger partial charge in [-0.05, 0) is 49.0 Å². The molecule has 0 saturated carbocycles. The van der Waals surface area contributed by atoms with E-state index in [0.717, 1.165) is 17.9 Å². The Morgan fingerprint density at radius 3 is 2.53 bits per heavy atom. The topological polar surface area (TPSA) is 21.3 Å². The van der Waals surface area contributed by atoms with Gasteiger partial charge < -0.3 is 10.1 Å². The highest BCUT2D eigenvalue weighted by molar-refractivity contribution is 5.33. The van der Waals surface area contributed by atoms with E-state index in [-0.39, 0.29) is 5.82 Å². The molecule has 0 bridgehead atoms. The second kappa shape index (κ2) is 5.46. The molecule has 0 aliphatic carbocycles. The highest BCUT2D eigenvalue weighted by Crippen LogP contribution is 2.22. The van der Waals surface area contributed by atoms with E-state index in [9.17, 15) is 4.39 Å². The molecule has 0 radical (unpaired) electrons. The Kier molecular flexibility index (Phi) is 3.73. The smallest absolute Gasteiger partial charge is 0.127 e. The Morgan fingerprint density at radius 1 is 1.06 bits per heavy atom. The summed E-state index contributed by atoms with van der Waals surface area (Å²) in [6.45, 7) is 0.792. The zero-order chi connectivity index (χ0) is 12.1. The summed E-state index contributed by atoms with van der Waals surface area (Å²) in [4.78, 5) is 0. The van der Waals surface area contributed by atoms with Crippen LogP contribution in [0, 0.1) is 5.82 Å². The molecule has 2 rings (SSSR count). The largest absolute Gasteiger partial charge is 0.457 e. The minimum Gasteiger partial charge on any atom is -0.457 e. The molecule has 0 atom stereocenters. The van der Waals surface area contributed by atoms with Crippen LogP contribution in [0.3, 0.4) is 0 Å². The van der Waals surface area contributed by atoms with E-state index in [0.29, 0.717) is 5.75 Å². The lowest BCUT2D eigenvalue weighted by atomic mass is 10.2. The second-order valence-electron chi connectivity index (χ2n) is 3.73. The molecule has 88 valence electrons. The number of hydrogen-bond acceptors (Lipinski definition) is 2. The van der Waals surface area contributed by atoms with Gasteiger partial charge in [-0.2, -0.15) is 0 Å². The molecule has 0 fully saturated rings. The highest BCUT2D eigenvalue weighted by atomic mass is 19.1. The van der Waals surface area contributed by atoms with Gasteiger partial charge in [0.15, 0.2) is 0 Å². The zero-order valence-corrected chi connectivity index (χ0v) is 9.61. The molecule has 0 aliphatic rings. The van der Waals surface area contributed by atoms with Crippen LogP contribution in [-0.2, 0) is 6.54 Å². The molecule has 2 aromatic rings. The van der Waals surface area contributed by atoms with Crippen LogP contribution in [0.4, 0.5) is 4.39 Å². The van der Waals surface area contributed by atoms with Crippen molar-refractivity contribution in [3.63, 3.8) is 0 Å². The number of rotatable bonds is 4. The van der Waals surface area contributed by atoms with Crippen molar-refractivity contribution in [1.82, 2.24) is 5.32 Å². The Labute approximate surface area is 100 Å². The molecule has 0 amide bonds. The molecule has 0 aromatic heterocycles. The average Bonchev–Trinajstić information content (AvgIpc) is 2.33. The van der Waals surface area contributed by atoms with E-state index in [4.69, 9.17) is 4.74 Å². The van der Waals surface area contributed by atoms with Gasteiger partial charge in [0, 0.05) is 6.54 Å². The first-order valence-corrected chi connectivity index (χ1v) is 5.45. The summed E-state index contributed by atoms with van der Waals surface area (Å²) in [7, 11) is 1.90. The van der Waals surface area contributed by atoms with Gasteiger partial charge in [0.2, 0.25) is 0 Å². The third kappa shape index (κ3) is 3.29. The van der Waals surface area contributed by atoms with Crippen LogP contribution < -0.4 is 10.1 Å². The van der Waals surface area contributed by atoms with Crippen LogP contribution >= 0.6 is 0 Å². The van der Waals surface area contributed by atoms with E-state index >= 15 is 0 Å². The van der Waals surface area contributed by atoms with Crippen molar-refractivity contribution in [2.75, 3.05) is 7.05 Å². The van der Waals surface area contributed by atoms with Gasteiger partial charge in [-0.25, -0.2) is 4.39 Å². The first-order valence-electron chi connectivity index (χ1n) is 5.45. The molecule has 1 N–H and O–H groups in total. The third-order valence-corrected chi connectivity index (χ3v) is 2.33. The Hall–Kier alpha value is -1.87. The van der Waals surface area contributed by atoms with Crippen molar-refractivity contribution in [3.8, 4) is 11.5 Å². The summed E-state index contributed by atoms with van der Waals surface area (Å²) in [6.07, 6.45) is 0. The maximum atomic E-state index is 12.7. The molecule has 2 aromatic carbocycles. The van der Waals surface area contributed by atoms with E-state index in [2.05, 4.69) is 5.32 Å². The highest BCUT2D eigenvalue weighted by Gasteiger charge is 1.99. The lowest BCUT2D eigenvalue weighted by Crippen LogP contribution is -2.04. The van der Waals surface area contributed by atoms with Crippen LogP contribution in [0.2, 0.25) is 0 Å². The molecule has 2 nitrogen and oxygen atoms in total. The van der Waals surface area contributed by atoms with Crippen molar-refractivity contribution < 1.29 is 9.13 Å². The lowest BCUT2D eigenvalue weighted by molar-refractivity contribution is 0.479. The standard InChI is InChI=1S/C14H14FNO/c1-16-10-11-3-2-4-14(9-11)17-13-7-5-12(15)6-8-13/h2-9,16H,10H2,1H3. The summed E-state index contributed by atoms with van der Waals surface area (Å²) in [5.41, 5.74) is 1.15. The van der Waals surface area contributed by atoms with Crippen LogP contribution in [0.15, 0.2) is 48.5 Å². The van der Waals surface area contributed by atoms with Gasteiger partial charge in [0.05, 0.1) is 0 Å². The van der Waals surface area contributed by atoms with E-state index in [1.54, 1.807) is 12.1 Å². The fourth-order valence-electron chi connectivity index (χ4n) is 1.56. The molecular weight excluding hydrogens is 217 g/mol. The van der Waals surface area contributed by atoms with Crippen LogP contribution in [-0.4, -0.2) is 7.05 Å². The lowest BCUT2D eigenvalue weighted by Gasteiger charge is -2.07. The van der Waals surface area contributed by atoms with E-state index in [1.807, 2.05) is 31.3 Å². The van der Waals surface area contributed by atoms with Gasteiger partial charge in [-0.1, -0.05) is 12.1 Å². The summed E-state index contributed by atoms with van der Waals surface area (Å²) < 4.78 is 18.4. The van der Waals surface area contributed by atoms with Crippen LogP contribution in [0.1, 0.15) is 5.56 Å². The normalized spacial score (nSPS) is 10.2. The summed E-state index contributed by atoms with van der Waals surface area (Å²) >= 11 is 0. The summed E-state index contributed by atoms with van der Waals surface area (Å²) in [6, 6.07) is 13.8. The molecule has 0 unspecified atom stereocenters. The maximum Gasteiger partial charge on any atom is 0.127 e. The molecule has 0 spiro atoms. The maximum absolute atomic E-state index is 12.7. The third-order valence-electron chi connectivity index (χ3n) is 2.33. The predicted octanol–water partition coefficient (Wildman–Crippen LogP) is 3.34. The Bertz CT molecular complexity index is 482. The fraction of sp³-hybridized carbons (Fsp3) is 0.143. The predicted molar refractivity (Wildman–Crippen MR) is 65.7 cm³/mol. The quantitative estimate of drug-likeness (QED) is 0.871. The number of hydrogen-bond donors (Lipinski definition) is 1. The van der Waals surface area contributed by atoms with Crippen LogP contribution in [0.5, 0.6) is 11.5 Å². The second-order valence-corrected chi connectivity index (χ2v) is 3.73. The first-order chi connectivity index (χ1) is 8.28. The molecular formula is C14H14FNO. The number of halogens is 1. The first kappa shape index (κ1) is 11.6. The van der Waals surface area contributed by atoms with Crippen LogP contribution in [0.25, 0.3) is 0 Å². The fourth-order valence-corrected chi connectivity index (χ4v) is 1.56. The molecule has 17 heavy (non-hydrogen) atoms. The van der Waals surface area contributed by atoms with Crippen molar-refractivity contribution >= 4 is 0 Å². The molecule has 0 saturated heterocycles. The van der Waals surface area contributed by atoms with Gasteiger partial charge in [-0.15, -0.1) is 0 Å². The minimum atomic E-state index is -0.263. The summed E-state index contributed by atoms with van der Waals surface area (Å²) in [5, 5.41) is 3.08. The van der Waals surface area contributed by atoms with Crippen molar-refractivity contribution in [2.24, 2.45) is 0 Å². The number of benzene rings is 2. The minimum absolute atomic E-state index is 0.263. The summed E-state index contributed by atoms with van der Waals surface area (Å²) in [5.74, 6) is 1.12. The van der Waals surface area contributed by atoms with E-state index in [1.165, 1.54) is 12.1 Å². The van der Waals surface area contributed by atoms with Crippen molar-refractivity contribution in [3.05, 3.63) is 59.9 Å². The molecule has 0 aliphatic heterocycles. The van der Waals surface area contributed by atoms with E-state index < -0.39 is 0 Å². The van der Waals surface area contributed by atoms with Crippen molar-refractivity contribution in [1.29, 1.82) is 0 Å². The van der Waals surface area contributed by atoms with Gasteiger partial charge in [0.25, 0.3) is 0 Å².